The first-order chi connectivity index (χ1) is 7.20. The van der Waals surface area contributed by atoms with Crippen molar-refractivity contribution in [3.8, 4) is 11.8 Å². The highest BCUT2D eigenvalue weighted by Crippen LogP contribution is 2.16. The van der Waals surface area contributed by atoms with Crippen molar-refractivity contribution >= 4 is 5.69 Å². The average Bonchev–Trinajstić information content (AvgIpc) is 2.66. The minimum atomic E-state index is -0.447. The number of nitrogens with two attached hydrogens (primary N) is 1. The Morgan fingerprint density at radius 1 is 1.47 bits per heavy atom. The fourth-order valence-electron chi connectivity index (χ4n) is 1.24. The zero-order chi connectivity index (χ0) is 10.8. The first-order valence-electron chi connectivity index (χ1n) is 4.20. The van der Waals surface area contributed by atoms with Crippen molar-refractivity contribution in [2.75, 3.05) is 5.73 Å². The molecule has 0 radical (unpaired) electrons. The molecule has 0 aliphatic heterocycles. The zero-order valence-corrected chi connectivity index (χ0v) is 7.68. The molecule has 0 unspecified atom stereocenters. The van der Waals surface area contributed by atoms with Crippen LogP contribution in [0, 0.1) is 17.1 Å². The first kappa shape index (κ1) is 9.21. The number of nitrogen functional groups attached to an aromatic ring is 1. The number of benzene rings is 1. The summed E-state index contributed by atoms with van der Waals surface area (Å²) in [5.74, 6) is -0.447. The van der Waals surface area contributed by atoms with Crippen molar-refractivity contribution in [3.63, 3.8) is 0 Å². The van der Waals surface area contributed by atoms with Crippen molar-refractivity contribution in [2.24, 2.45) is 0 Å². The van der Waals surface area contributed by atoms with Gasteiger partial charge in [-0.25, -0.2) is 9.37 Å². The van der Waals surface area contributed by atoms with Gasteiger partial charge in [-0.15, -0.1) is 0 Å². The normalized spacial score (nSPS) is 9.87. The maximum absolute atomic E-state index is 13.4. The number of nitrogens with zero attached hydrogens (tertiary/aromatic N) is 3. The predicted molar refractivity (Wildman–Crippen MR) is 52.6 cm³/mol. The third kappa shape index (κ3) is 1.65. The minimum absolute atomic E-state index is 0.242. The third-order valence-corrected chi connectivity index (χ3v) is 1.95. The summed E-state index contributed by atoms with van der Waals surface area (Å²) in [6.07, 6.45) is 2.84. The second-order valence-electron chi connectivity index (χ2n) is 2.99. The second kappa shape index (κ2) is 3.42. The molecule has 0 saturated carbocycles. The highest BCUT2D eigenvalue weighted by Gasteiger charge is 2.05. The summed E-state index contributed by atoms with van der Waals surface area (Å²) in [4.78, 5) is 3.78. The van der Waals surface area contributed by atoms with E-state index in [4.69, 9.17) is 11.0 Å². The summed E-state index contributed by atoms with van der Waals surface area (Å²) in [5, 5.41) is 8.57. The molecule has 1 heterocycles. The molecular formula is C10H7FN4. The van der Waals surface area contributed by atoms with E-state index in [0.717, 1.165) is 0 Å². The van der Waals surface area contributed by atoms with Crippen LogP contribution in [0.1, 0.15) is 5.69 Å². The monoisotopic (exact) mass is 202 g/mol. The van der Waals surface area contributed by atoms with Gasteiger partial charge in [0, 0.05) is 11.9 Å². The average molecular weight is 202 g/mol. The van der Waals surface area contributed by atoms with Crippen LogP contribution in [0.4, 0.5) is 10.1 Å². The molecule has 2 rings (SSSR count). The largest absolute Gasteiger partial charge is 0.399 e. The van der Waals surface area contributed by atoms with Crippen molar-refractivity contribution < 1.29 is 4.39 Å². The number of nitriles is 1. The molecule has 0 atom stereocenters. The van der Waals surface area contributed by atoms with Crippen LogP contribution in [-0.4, -0.2) is 9.55 Å². The fraction of sp³-hybridized carbons (Fsp3) is 0. The molecular weight excluding hydrogens is 195 g/mol. The van der Waals surface area contributed by atoms with Crippen LogP contribution in [0.3, 0.4) is 0 Å². The Morgan fingerprint density at radius 3 is 2.87 bits per heavy atom. The molecule has 0 aliphatic rings. The van der Waals surface area contributed by atoms with Crippen LogP contribution in [0.15, 0.2) is 30.7 Å². The Kier molecular flexibility index (Phi) is 2.10. The molecule has 74 valence electrons. The maximum atomic E-state index is 13.4. The number of hydrogen-bond donors (Lipinski definition) is 1. The van der Waals surface area contributed by atoms with Gasteiger partial charge in [-0.3, -0.25) is 0 Å². The molecule has 4 nitrogen and oxygen atoms in total. The quantitative estimate of drug-likeness (QED) is 0.712. The van der Waals surface area contributed by atoms with Gasteiger partial charge in [0.1, 0.15) is 18.2 Å². The molecule has 0 amide bonds. The molecule has 1 aromatic heterocycles. The Morgan fingerprint density at radius 2 is 2.27 bits per heavy atom. The number of hydrogen-bond acceptors (Lipinski definition) is 3. The first-order valence-corrected chi connectivity index (χ1v) is 4.20. The highest BCUT2D eigenvalue weighted by molar-refractivity contribution is 5.46. The molecule has 0 saturated heterocycles. The van der Waals surface area contributed by atoms with Crippen molar-refractivity contribution in [1.29, 1.82) is 5.26 Å². The van der Waals surface area contributed by atoms with Gasteiger partial charge in [-0.1, -0.05) is 0 Å². The predicted octanol–water partition coefficient (Wildman–Crippen LogP) is 1.47. The van der Waals surface area contributed by atoms with Gasteiger partial charge >= 0.3 is 0 Å². The Bertz CT molecular complexity index is 539. The molecule has 1 aromatic carbocycles. The van der Waals surface area contributed by atoms with E-state index in [1.165, 1.54) is 29.2 Å². The second-order valence-corrected chi connectivity index (χ2v) is 2.99. The minimum Gasteiger partial charge on any atom is -0.399 e. The summed E-state index contributed by atoms with van der Waals surface area (Å²) in [7, 11) is 0. The summed E-state index contributed by atoms with van der Waals surface area (Å²) in [5.41, 5.74) is 6.34. The topological polar surface area (TPSA) is 67.6 Å². The van der Waals surface area contributed by atoms with Gasteiger partial charge in [0.15, 0.2) is 5.69 Å². The van der Waals surface area contributed by atoms with Crippen molar-refractivity contribution in [2.45, 2.75) is 0 Å². The van der Waals surface area contributed by atoms with E-state index in [-0.39, 0.29) is 5.69 Å². The van der Waals surface area contributed by atoms with Crippen LogP contribution in [0.5, 0.6) is 0 Å². The molecule has 0 aliphatic carbocycles. The van der Waals surface area contributed by atoms with Crippen molar-refractivity contribution in [1.82, 2.24) is 9.55 Å². The van der Waals surface area contributed by atoms with Crippen LogP contribution in [0.2, 0.25) is 0 Å². The van der Waals surface area contributed by atoms with Gasteiger partial charge in [0.05, 0.1) is 5.69 Å². The molecule has 0 bridgehead atoms. The van der Waals surface area contributed by atoms with E-state index in [2.05, 4.69) is 4.98 Å². The van der Waals surface area contributed by atoms with Crippen LogP contribution in [0.25, 0.3) is 5.69 Å². The van der Waals surface area contributed by atoms with Gasteiger partial charge in [0.2, 0.25) is 0 Å². The summed E-state index contributed by atoms with van der Waals surface area (Å²) in [6.45, 7) is 0. The summed E-state index contributed by atoms with van der Waals surface area (Å²) in [6, 6.07) is 6.22. The van der Waals surface area contributed by atoms with E-state index in [1.54, 1.807) is 6.07 Å². The maximum Gasteiger partial charge on any atom is 0.158 e. The van der Waals surface area contributed by atoms with Gasteiger partial charge in [0.25, 0.3) is 0 Å². The Hall–Kier alpha value is -2.35. The Balaban J connectivity index is 2.50. The lowest BCUT2D eigenvalue weighted by atomic mass is 10.2. The van der Waals surface area contributed by atoms with Gasteiger partial charge in [-0.05, 0) is 18.2 Å². The molecule has 0 fully saturated rings. The third-order valence-electron chi connectivity index (χ3n) is 1.95. The van der Waals surface area contributed by atoms with Crippen molar-refractivity contribution in [3.05, 3.63) is 42.2 Å². The lowest BCUT2D eigenvalue weighted by Crippen LogP contribution is -1.96. The van der Waals surface area contributed by atoms with Crippen LogP contribution >= 0.6 is 0 Å². The van der Waals surface area contributed by atoms with Gasteiger partial charge in [-0.2, -0.15) is 5.26 Å². The molecule has 15 heavy (non-hydrogen) atoms. The lowest BCUT2D eigenvalue weighted by Gasteiger charge is -2.03. The number of anilines is 1. The van der Waals surface area contributed by atoms with E-state index < -0.39 is 5.82 Å². The standard InChI is InChI=1S/C10H7FN4/c11-9-3-7(13)1-2-10(9)15-5-8(4-12)14-6-15/h1-3,5-6H,13H2. The van der Waals surface area contributed by atoms with E-state index in [0.29, 0.717) is 11.4 Å². The van der Waals surface area contributed by atoms with E-state index >= 15 is 0 Å². The Labute approximate surface area is 85.4 Å². The number of aromatic nitrogens is 2. The smallest absolute Gasteiger partial charge is 0.158 e. The number of rotatable bonds is 1. The summed E-state index contributed by atoms with van der Waals surface area (Å²) < 4.78 is 14.9. The molecule has 2 aromatic rings. The molecule has 0 spiro atoms. The molecule has 5 heteroatoms. The number of halogens is 1. The van der Waals surface area contributed by atoms with E-state index in [1.807, 2.05) is 6.07 Å². The van der Waals surface area contributed by atoms with Crippen LogP contribution < -0.4 is 5.73 Å². The van der Waals surface area contributed by atoms with Gasteiger partial charge < -0.3 is 10.3 Å². The zero-order valence-electron chi connectivity index (χ0n) is 7.68. The van der Waals surface area contributed by atoms with E-state index in [9.17, 15) is 4.39 Å². The SMILES string of the molecule is N#Cc1cn(-c2ccc(N)cc2F)cn1. The van der Waals surface area contributed by atoms with Crippen LogP contribution in [-0.2, 0) is 0 Å². The number of imidazole rings is 1. The lowest BCUT2D eigenvalue weighted by molar-refractivity contribution is 0.619. The fourth-order valence-corrected chi connectivity index (χ4v) is 1.24. The molecule has 2 N–H and O–H groups in total. The summed E-state index contributed by atoms with van der Waals surface area (Å²) >= 11 is 0. The highest BCUT2D eigenvalue weighted by atomic mass is 19.1.